The molecule has 2 aromatic rings. The molecule has 2 rings (SSSR count). The highest BCUT2D eigenvalue weighted by atomic mass is 15.0. The van der Waals surface area contributed by atoms with E-state index in [0.717, 1.165) is 17.0 Å². The number of aryl methyl sites for hydroxylation is 1. The molecule has 0 aliphatic heterocycles. The van der Waals surface area contributed by atoms with E-state index >= 15 is 0 Å². The van der Waals surface area contributed by atoms with E-state index < -0.39 is 0 Å². The number of hydrogen-bond acceptors (Lipinski definition) is 4. The van der Waals surface area contributed by atoms with Crippen LogP contribution in [0.2, 0.25) is 0 Å². The summed E-state index contributed by atoms with van der Waals surface area (Å²) in [5.74, 6) is 1.42. The van der Waals surface area contributed by atoms with Crippen LogP contribution < -0.4 is 5.73 Å². The van der Waals surface area contributed by atoms with Gasteiger partial charge in [0.2, 0.25) is 0 Å². The zero-order valence-electron chi connectivity index (χ0n) is 10.3. The van der Waals surface area contributed by atoms with Crippen molar-refractivity contribution in [3.63, 3.8) is 0 Å². The van der Waals surface area contributed by atoms with E-state index in [0.29, 0.717) is 17.6 Å². The Morgan fingerprint density at radius 1 is 1.24 bits per heavy atom. The van der Waals surface area contributed by atoms with Gasteiger partial charge >= 0.3 is 0 Å². The number of hydrogen-bond donors (Lipinski definition) is 1. The maximum absolute atomic E-state index is 5.81. The van der Waals surface area contributed by atoms with Crippen LogP contribution in [0.15, 0.2) is 24.4 Å². The minimum atomic E-state index is 0.322. The fourth-order valence-electron chi connectivity index (χ4n) is 1.61. The van der Waals surface area contributed by atoms with Crippen molar-refractivity contribution in [2.75, 3.05) is 5.73 Å². The zero-order valence-corrected chi connectivity index (χ0v) is 10.3. The summed E-state index contributed by atoms with van der Waals surface area (Å²) in [7, 11) is 0. The number of nitrogens with two attached hydrogens (primary N) is 1. The maximum Gasteiger partial charge on any atom is 0.180 e. The molecule has 0 radical (unpaired) electrons. The molecule has 0 bridgehead atoms. The van der Waals surface area contributed by atoms with Gasteiger partial charge in [0.15, 0.2) is 5.82 Å². The van der Waals surface area contributed by atoms with Gasteiger partial charge in [-0.1, -0.05) is 19.9 Å². The Bertz CT molecular complexity index is 535. The number of nitrogens with zero attached hydrogens (tertiary/aromatic N) is 3. The lowest BCUT2D eigenvalue weighted by Gasteiger charge is -2.09. The topological polar surface area (TPSA) is 64.7 Å². The molecule has 4 nitrogen and oxygen atoms in total. The Morgan fingerprint density at radius 2 is 2.00 bits per heavy atom. The summed E-state index contributed by atoms with van der Waals surface area (Å²) in [6.07, 6.45) is 1.74. The van der Waals surface area contributed by atoms with Crippen molar-refractivity contribution >= 4 is 5.82 Å². The molecule has 0 spiro atoms. The molecule has 0 aliphatic rings. The van der Waals surface area contributed by atoms with Crippen LogP contribution in [0.1, 0.15) is 31.0 Å². The van der Waals surface area contributed by atoms with Crippen LogP contribution in [0.4, 0.5) is 5.82 Å². The second-order valence-corrected chi connectivity index (χ2v) is 4.36. The lowest BCUT2D eigenvalue weighted by Crippen LogP contribution is -2.03. The Hall–Kier alpha value is -1.97. The molecule has 0 atom stereocenters. The first-order valence-electron chi connectivity index (χ1n) is 5.64. The van der Waals surface area contributed by atoms with Crippen LogP contribution in [0, 0.1) is 6.92 Å². The lowest BCUT2D eigenvalue weighted by molar-refractivity contribution is 0.817. The van der Waals surface area contributed by atoms with E-state index in [2.05, 4.69) is 28.8 Å². The Labute approximate surface area is 101 Å². The second kappa shape index (κ2) is 4.49. The highest BCUT2D eigenvalue weighted by molar-refractivity contribution is 5.56. The van der Waals surface area contributed by atoms with Crippen LogP contribution in [-0.2, 0) is 0 Å². The number of anilines is 1. The fourth-order valence-corrected chi connectivity index (χ4v) is 1.61. The normalized spacial score (nSPS) is 10.8. The van der Waals surface area contributed by atoms with Gasteiger partial charge in [0.05, 0.1) is 0 Å². The highest BCUT2D eigenvalue weighted by Gasteiger charge is 2.10. The predicted octanol–water partition coefficient (Wildman–Crippen LogP) is 2.55. The van der Waals surface area contributed by atoms with Gasteiger partial charge in [-0.25, -0.2) is 9.97 Å². The first-order valence-corrected chi connectivity index (χ1v) is 5.64. The fraction of sp³-hybridized carbons (Fsp3) is 0.308. The average Bonchev–Trinajstić information content (AvgIpc) is 2.28. The van der Waals surface area contributed by atoms with E-state index in [9.17, 15) is 0 Å². The molecular weight excluding hydrogens is 212 g/mol. The third-order valence-electron chi connectivity index (χ3n) is 2.58. The summed E-state index contributed by atoms with van der Waals surface area (Å²) < 4.78 is 0. The van der Waals surface area contributed by atoms with Crippen LogP contribution in [0.3, 0.4) is 0 Å². The molecule has 0 saturated carbocycles. The van der Waals surface area contributed by atoms with Gasteiger partial charge in [-0.2, -0.15) is 0 Å². The monoisotopic (exact) mass is 228 g/mol. The molecule has 4 heteroatoms. The molecule has 2 heterocycles. The summed E-state index contributed by atoms with van der Waals surface area (Å²) in [5.41, 5.74) is 8.59. The second-order valence-electron chi connectivity index (χ2n) is 4.36. The molecule has 0 aliphatic carbocycles. The molecule has 0 aromatic carbocycles. The molecular formula is C13H16N4. The number of pyridine rings is 1. The summed E-state index contributed by atoms with van der Waals surface area (Å²) in [6.45, 7) is 6.15. The molecule has 2 aromatic heterocycles. The zero-order chi connectivity index (χ0) is 12.4. The SMILES string of the molecule is Cc1cccnc1-c1nc(N)cc(C(C)C)n1. The van der Waals surface area contributed by atoms with Crippen molar-refractivity contribution in [2.45, 2.75) is 26.7 Å². The minimum Gasteiger partial charge on any atom is -0.384 e. The Kier molecular flexibility index (Phi) is 3.04. The van der Waals surface area contributed by atoms with Gasteiger partial charge in [0.25, 0.3) is 0 Å². The van der Waals surface area contributed by atoms with Crippen LogP contribution in [-0.4, -0.2) is 15.0 Å². The molecule has 17 heavy (non-hydrogen) atoms. The van der Waals surface area contributed by atoms with E-state index in [1.165, 1.54) is 0 Å². The molecule has 0 fully saturated rings. The summed E-state index contributed by atoms with van der Waals surface area (Å²) in [4.78, 5) is 13.1. The first-order chi connectivity index (χ1) is 8.08. The van der Waals surface area contributed by atoms with Crippen molar-refractivity contribution in [1.82, 2.24) is 15.0 Å². The standard InChI is InChI=1S/C13H16N4/c1-8(2)10-7-11(14)17-13(16-10)12-9(3)5-4-6-15-12/h4-8H,1-3H3,(H2,14,16,17). The van der Waals surface area contributed by atoms with Crippen molar-refractivity contribution < 1.29 is 0 Å². The Balaban J connectivity index is 2.56. The van der Waals surface area contributed by atoms with E-state index in [4.69, 9.17) is 5.73 Å². The van der Waals surface area contributed by atoms with Crippen LogP contribution >= 0.6 is 0 Å². The van der Waals surface area contributed by atoms with Crippen LogP contribution in [0.25, 0.3) is 11.5 Å². The minimum absolute atomic E-state index is 0.322. The van der Waals surface area contributed by atoms with Gasteiger partial charge < -0.3 is 5.73 Å². The predicted molar refractivity (Wildman–Crippen MR) is 68.5 cm³/mol. The van der Waals surface area contributed by atoms with Gasteiger partial charge in [-0.05, 0) is 24.5 Å². The smallest absolute Gasteiger partial charge is 0.180 e. The van der Waals surface area contributed by atoms with Gasteiger partial charge in [-0.15, -0.1) is 0 Å². The van der Waals surface area contributed by atoms with Crippen molar-refractivity contribution in [3.8, 4) is 11.5 Å². The van der Waals surface area contributed by atoms with Crippen molar-refractivity contribution in [1.29, 1.82) is 0 Å². The third-order valence-corrected chi connectivity index (χ3v) is 2.58. The maximum atomic E-state index is 5.81. The molecule has 2 N–H and O–H groups in total. The van der Waals surface area contributed by atoms with Gasteiger partial charge in [0.1, 0.15) is 11.5 Å². The molecule has 0 unspecified atom stereocenters. The Morgan fingerprint density at radius 3 is 2.65 bits per heavy atom. The van der Waals surface area contributed by atoms with E-state index in [-0.39, 0.29) is 0 Å². The van der Waals surface area contributed by atoms with Gasteiger partial charge in [-0.3, -0.25) is 4.98 Å². The molecule has 0 saturated heterocycles. The quantitative estimate of drug-likeness (QED) is 0.857. The number of nitrogen functional groups attached to an aromatic ring is 1. The van der Waals surface area contributed by atoms with E-state index in [1.807, 2.05) is 25.1 Å². The number of rotatable bonds is 2. The van der Waals surface area contributed by atoms with Crippen molar-refractivity contribution in [3.05, 3.63) is 35.7 Å². The third kappa shape index (κ3) is 2.41. The summed E-state index contributed by atoms with van der Waals surface area (Å²) in [5, 5.41) is 0. The largest absolute Gasteiger partial charge is 0.384 e. The highest BCUT2D eigenvalue weighted by Crippen LogP contribution is 2.21. The molecule has 0 amide bonds. The average molecular weight is 228 g/mol. The number of aromatic nitrogens is 3. The van der Waals surface area contributed by atoms with Crippen LogP contribution in [0.5, 0.6) is 0 Å². The lowest BCUT2D eigenvalue weighted by atomic mass is 10.1. The summed E-state index contributed by atoms with van der Waals surface area (Å²) in [6, 6.07) is 5.70. The molecule has 88 valence electrons. The van der Waals surface area contributed by atoms with Gasteiger partial charge in [0, 0.05) is 18.0 Å². The van der Waals surface area contributed by atoms with E-state index in [1.54, 1.807) is 6.20 Å². The van der Waals surface area contributed by atoms with Crippen molar-refractivity contribution in [2.24, 2.45) is 0 Å². The summed E-state index contributed by atoms with van der Waals surface area (Å²) >= 11 is 0. The first kappa shape index (κ1) is 11.5.